The third-order valence-electron chi connectivity index (χ3n) is 4.18. The molecule has 1 aromatic carbocycles. The van der Waals surface area contributed by atoms with E-state index in [2.05, 4.69) is 4.98 Å². The standard InChI is InChI=1S/C15H18ClN3O2/c1-18-13-8-10(16)5-6-11(13)17-14(18)9-19-7-3-2-4-12(19)15(20)21/h5-6,8,12H,2-4,7,9H2,1H3,(H,20,21). The fourth-order valence-electron chi connectivity index (χ4n) is 3.00. The lowest BCUT2D eigenvalue weighted by Gasteiger charge is -2.32. The van der Waals surface area contributed by atoms with Gasteiger partial charge < -0.3 is 9.67 Å². The van der Waals surface area contributed by atoms with Crippen molar-refractivity contribution in [2.24, 2.45) is 7.05 Å². The molecular formula is C15H18ClN3O2. The molecule has 6 heteroatoms. The maximum Gasteiger partial charge on any atom is 0.320 e. The summed E-state index contributed by atoms with van der Waals surface area (Å²) in [5.74, 6) is 0.136. The van der Waals surface area contributed by atoms with Gasteiger partial charge in [-0.1, -0.05) is 18.0 Å². The Labute approximate surface area is 128 Å². The second-order valence-electron chi connectivity index (χ2n) is 5.54. The van der Waals surface area contributed by atoms with Gasteiger partial charge in [-0.3, -0.25) is 9.69 Å². The first kappa shape index (κ1) is 14.4. The monoisotopic (exact) mass is 307 g/mol. The molecule has 5 nitrogen and oxygen atoms in total. The van der Waals surface area contributed by atoms with Crippen LogP contribution in [0.1, 0.15) is 25.1 Å². The highest BCUT2D eigenvalue weighted by Gasteiger charge is 2.29. The lowest BCUT2D eigenvalue weighted by Crippen LogP contribution is -2.44. The Morgan fingerprint density at radius 3 is 3.05 bits per heavy atom. The van der Waals surface area contributed by atoms with Crippen LogP contribution in [0.15, 0.2) is 18.2 Å². The fourth-order valence-corrected chi connectivity index (χ4v) is 3.16. The molecule has 1 unspecified atom stereocenters. The zero-order chi connectivity index (χ0) is 15.0. The van der Waals surface area contributed by atoms with Crippen molar-refractivity contribution in [3.63, 3.8) is 0 Å². The molecule has 2 aromatic rings. The number of rotatable bonds is 3. The molecular weight excluding hydrogens is 290 g/mol. The van der Waals surface area contributed by atoms with Crippen molar-refractivity contribution in [3.8, 4) is 0 Å². The van der Waals surface area contributed by atoms with Gasteiger partial charge in [0.25, 0.3) is 0 Å². The number of piperidine rings is 1. The zero-order valence-corrected chi connectivity index (χ0v) is 12.7. The first-order chi connectivity index (χ1) is 10.1. The number of aromatic nitrogens is 2. The van der Waals surface area contributed by atoms with E-state index in [-0.39, 0.29) is 0 Å². The van der Waals surface area contributed by atoms with E-state index in [0.29, 0.717) is 18.0 Å². The molecule has 1 saturated heterocycles. The number of likely N-dealkylation sites (tertiary alicyclic amines) is 1. The lowest BCUT2D eigenvalue weighted by molar-refractivity contribution is -0.144. The minimum atomic E-state index is -0.739. The van der Waals surface area contributed by atoms with Crippen molar-refractivity contribution in [1.82, 2.24) is 14.5 Å². The number of fused-ring (bicyclic) bond motifs is 1. The number of aliphatic carboxylic acids is 1. The number of hydrogen-bond acceptors (Lipinski definition) is 3. The molecule has 3 rings (SSSR count). The Balaban J connectivity index is 1.90. The minimum Gasteiger partial charge on any atom is -0.480 e. The number of imidazole rings is 1. The number of hydrogen-bond donors (Lipinski definition) is 1. The van der Waals surface area contributed by atoms with E-state index in [1.807, 2.05) is 34.7 Å². The normalized spacial score (nSPS) is 20.0. The van der Waals surface area contributed by atoms with Crippen LogP contribution in [0.25, 0.3) is 11.0 Å². The van der Waals surface area contributed by atoms with Gasteiger partial charge in [0.05, 0.1) is 17.6 Å². The summed E-state index contributed by atoms with van der Waals surface area (Å²) in [4.78, 5) is 18.0. The Kier molecular flexibility index (Phi) is 3.87. The molecule has 2 heterocycles. The maximum absolute atomic E-state index is 11.4. The largest absolute Gasteiger partial charge is 0.480 e. The molecule has 1 N–H and O–H groups in total. The molecule has 112 valence electrons. The molecule has 1 aliphatic rings. The zero-order valence-electron chi connectivity index (χ0n) is 11.9. The van der Waals surface area contributed by atoms with Crippen LogP contribution in [0.5, 0.6) is 0 Å². The van der Waals surface area contributed by atoms with Gasteiger partial charge >= 0.3 is 5.97 Å². The van der Waals surface area contributed by atoms with Gasteiger partial charge in [-0.25, -0.2) is 4.98 Å². The van der Waals surface area contributed by atoms with Crippen molar-refractivity contribution >= 4 is 28.6 Å². The number of carbonyl (C=O) groups is 1. The highest BCUT2D eigenvalue weighted by molar-refractivity contribution is 6.31. The second kappa shape index (κ2) is 5.66. The number of nitrogens with zero attached hydrogens (tertiary/aromatic N) is 3. The van der Waals surface area contributed by atoms with Gasteiger partial charge in [-0.15, -0.1) is 0 Å². The average molecular weight is 308 g/mol. The second-order valence-corrected chi connectivity index (χ2v) is 5.98. The van der Waals surface area contributed by atoms with Crippen LogP contribution < -0.4 is 0 Å². The maximum atomic E-state index is 11.4. The van der Waals surface area contributed by atoms with Crippen LogP contribution in [0.3, 0.4) is 0 Å². The third-order valence-corrected chi connectivity index (χ3v) is 4.41. The van der Waals surface area contributed by atoms with Crippen molar-refractivity contribution < 1.29 is 9.90 Å². The minimum absolute atomic E-state index is 0.401. The van der Waals surface area contributed by atoms with E-state index >= 15 is 0 Å². The van der Waals surface area contributed by atoms with Crippen molar-refractivity contribution in [1.29, 1.82) is 0 Å². The molecule has 1 aromatic heterocycles. The van der Waals surface area contributed by atoms with Gasteiger partial charge in [-0.05, 0) is 37.6 Å². The number of aryl methyl sites for hydroxylation is 1. The SMILES string of the molecule is Cn1c(CN2CCCCC2C(=O)O)nc2ccc(Cl)cc21. The molecule has 1 atom stereocenters. The molecule has 0 saturated carbocycles. The van der Waals surface area contributed by atoms with E-state index < -0.39 is 12.0 Å². The van der Waals surface area contributed by atoms with Crippen molar-refractivity contribution in [2.75, 3.05) is 6.54 Å². The van der Waals surface area contributed by atoms with Crippen LogP contribution in [0, 0.1) is 0 Å². The highest BCUT2D eigenvalue weighted by Crippen LogP contribution is 2.23. The smallest absolute Gasteiger partial charge is 0.320 e. The number of carboxylic acids is 1. The van der Waals surface area contributed by atoms with E-state index in [4.69, 9.17) is 11.6 Å². The van der Waals surface area contributed by atoms with Crippen molar-refractivity contribution in [3.05, 3.63) is 29.0 Å². The molecule has 0 bridgehead atoms. The van der Waals surface area contributed by atoms with Crippen LogP contribution in [-0.2, 0) is 18.4 Å². The summed E-state index contributed by atoms with van der Waals surface area (Å²) in [5, 5.41) is 10.0. The number of benzene rings is 1. The molecule has 0 amide bonds. The van der Waals surface area contributed by atoms with Gasteiger partial charge in [0.2, 0.25) is 0 Å². The Morgan fingerprint density at radius 2 is 2.29 bits per heavy atom. The number of carboxylic acid groups (broad SMARTS) is 1. The van der Waals surface area contributed by atoms with E-state index in [1.54, 1.807) is 0 Å². The Bertz CT molecular complexity index is 683. The summed E-state index contributed by atoms with van der Waals surface area (Å²) in [7, 11) is 1.95. The molecule has 1 fully saturated rings. The van der Waals surface area contributed by atoms with Crippen LogP contribution in [-0.4, -0.2) is 38.1 Å². The van der Waals surface area contributed by atoms with Crippen molar-refractivity contribution in [2.45, 2.75) is 31.8 Å². The average Bonchev–Trinajstić information content (AvgIpc) is 2.76. The van der Waals surface area contributed by atoms with Gasteiger partial charge in [0, 0.05) is 12.1 Å². The number of halogens is 1. The fraction of sp³-hybridized carbons (Fsp3) is 0.467. The van der Waals surface area contributed by atoms with E-state index in [0.717, 1.165) is 36.2 Å². The topological polar surface area (TPSA) is 58.4 Å². The first-order valence-corrected chi connectivity index (χ1v) is 7.52. The van der Waals surface area contributed by atoms with E-state index in [1.165, 1.54) is 0 Å². The quantitative estimate of drug-likeness (QED) is 0.947. The predicted octanol–water partition coefficient (Wildman–Crippen LogP) is 2.67. The first-order valence-electron chi connectivity index (χ1n) is 7.14. The summed E-state index contributed by atoms with van der Waals surface area (Å²) in [6.07, 6.45) is 2.73. The molecule has 0 aliphatic carbocycles. The Morgan fingerprint density at radius 1 is 1.48 bits per heavy atom. The summed E-state index contributed by atoms with van der Waals surface area (Å²) >= 11 is 6.03. The van der Waals surface area contributed by atoms with Gasteiger partial charge in [0.1, 0.15) is 11.9 Å². The van der Waals surface area contributed by atoms with Gasteiger partial charge in [0.15, 0.2) is 0 Å². The predicted molar refractivity (Wildman–Crippen MR) is 81.4 cm³/mol. The molecule has 21 heavy (non-hydrogen) atoms. The highest BCUT2D eigenvalue weighted by atomic mass is 35.5. The molecule has 1 aliphatic heterocycles. The lowest BCUT2D eigenvalue weighted by atomic mass is 10.0. The van der Waals surface area contributed by atoms with Crippen LogP contribution >= 0.6 is 11.6 Å². The summed E-state index contributed by atoms with van der Waals surface area (Å²) in [5.41, 5.74) is 1.86. The molecule has 0 radical (unpaired) electrons. The molecule has 0 spiro atoms. The van der Waals surface area contributed by atoms with E-state index in [9.17, 15) is 9.90 Å². The Hall–Kier alpha value is -1.59. The summed E-state index contributed by atoms with van der Waals surface area (Å²) < 4.78 is 1.99. The summed E-state index contributed by atoms with van der Waals surface area (Å²) in [6.45, 7) is 1.36. The van der Waals surface area contributed by atoms with Crippen LogP contribution in [0.4, 0.5) is 0 Å². The summed E-state index contributed by atoms with van der Waals surface area (Å²) in [6, 6.07) is 5.20. The third kappa shape index (κ3) is 2.76. The van der Waals surface area contributed by atoms with Crippen LogP contribution in [0.2, 0.25) is 5.02 Å². The van der Waals surface area contributed by atoms with Gasteiger partial charge in [-0.2, -0.15) is 0 Å².